The molecule has 2 heterocycles. The van der Waals surface area contributed by atoms with E-state index in [1.165, 1.54) is 12.1 Å². The van der Waals surface area contributed by atoms with Gasteiger partial charge in [-0.2, -0.15) is 0 Å². The molecule has 1 amide bonds. The summed E-state index contributed by atoms with van der Waals surface area (Å²) in [6.07, 6.45) is 2.64. The quantitative estimate of drug-likeness (QED) is 0.484. The Hall–Kier alpha value is -3.62. The standard InChI is InChI=1S/C24H19Cl2N3O5/c1-2-34-16-6-3-13(4-7-16)11-14-9-10-29-21(14)28-18-12-15(5-8-17(18)23(29)31)27-22(30)19(25)20(26)24(32)33/h3-8,11-12H,2,9-10H2,1H3,(H,27,30)(H,32,33)/b14-11?,20-19-. The Balaban J connectivity index is 1.68. The summed E-state index contributed by atoms with van der Waals surface area (Å²) in [4.78, 5) is 40.8. The van der Waals surface area contributed by atoms with Crippen molar-refractivity contribution in [2.24, 2.45) is 0 Å². The lowest BCUT2D eigenvalue weighted by molar-refractivity contribution is -0.132. The minimum Gasteiger partial charge on any atom is -0.494 e. The molecule has 1 aromatic heterocycles. The summed E-state index contributed by atoms with van der Waals surface area (Å²) in [7, 11) is 0. The Morgan fingerprint density at radius 3 is 2.59 bits per heavy atom. The molecule has 34 heavy (non-hydrogen) atoms. The highest BCUT2D eigenvalue weighted by Gasteiger charge is 2.22. The van der Waals surface area contributed by atoms with Gasteiger partial charge in [0, 0.05) is 12.2 Å². The molecular weight excluding hydrogens is 481 g/mol. The van der Waals surface area contributed by atoms with Crippen molar-refractivity contribution in [3.05, 3.63) is 74.3 Å². The summed E-state index contributed by atoms with van der Waals surface area (Å²) in [6, 6.07) is 12.2. The second kappa shape index (κ2) is 9.70. The average Bonchev–Trinajstić information content (AvgIpc) is 3.22. The number of ether oxygens (including phenoxy) is 1. The third-order valence-corrected chi connectivity index (χ3v) is 6.02. The van der Waals surface area contributed by atoms with Crippen LogP contribution in [-0.4, -0.2) is 33.1 Å². The highest BCUT2D eigenvalue weighted by atomic mass is 35.5. The van der Waals surface area contributed by atoms with Gasteiger partial charge >= 0.3 is 5.97 Å². The maximum Gasteiger partial charge on any atom is 0.349 e. The number of hydrogen-bond acceptors (Lipinski definition) is 5. The molecule has 8 nitrogen and oxygen atoms in total. The highest BCUT2D eigenvalue weighted by Crippen LogP contribution is 2.29. The van der Waals surface area contributed by atoms with Gasteiger partial charge in [-0.25, -0.2) is 9.78 Å². The molecule has 0 radical (unpaired) electrons. The van der Waals surface area contributed by atoms with Crippen LogP contribution in [0.5, 0.6) is 5.75 Å². The molecule has 0 aliphatic carbocycles. The minimum atomic E-state index is -1.52. The van der Waals surface area contributed by atoms with Crippen LogP contribution in [0.1, 0.15) is 24.7 Å². The maximum absolute atomic E-state index is 13.0. The lowest BCUT2D eigenvalue weighted by Gasteiger charge is -2.09. The van der Waals surface area contributed by atoms with E-state index in [2.05, 4.69) is 10.3 Å². The van der Waals surface area contributed by atoms with Crippen LogP contribution in [0.4, 0.5) is 5.69 Å². The molecule has 0 saturated carbocycles. The average molecular weight is 500 g/mol. The van der Waals surface area contributed by atoms with Gasteiger partial charge in [-0.05, 0) is 60.9 Å². The van der Waals surface area contributed by atoms with E-state index in [1.807, 2.05) is 37.3 Å². The zero-order valence-corrected chi connectivity index (χ0v) is 19.5. The summed E-state index contributed by atoms with van der Waals surface area (Å²) in [5, 5.41) is 10.3. The van der Waals surface area contributed by atoms with Crippen molar-refractivity contribution >= 4 is 63.3 Å². The number of halogens is 2. The highest BCUT2D eigenvalue weighted by molar-refractivity contribution is 6.54. The van der Waals surface area contributed by atoms with Crippen molar-refractivity contribution in [3.8, 4) is 5.75 Å². The summed E-state index contributed by atoms with van der Waals surface area (Å²) < 4.78 is 7.11. The molecule has 174 valence electrons. The normalized spacial score (nSPS) is 14.6. The number of anilines is 1. The molecule has 1 aliphatic heterocycles. The number of aromatic nitrogens is 2. The number of nitrogens with one attached hydrogen (secondary N) is 1. The number of carboxylic acids is 1. The Bertz CT molecular complexity index is 1430. The molecule has 0 saturated heterocycles. The largest absolute Gasteiger partial charge is 0.494 e. The van der Waals surface area contributed by atoms with Crippen molar-refractivity contribution in [1.29, 1.82) is 0 Å². The van der Waals surface area contributed by atoms with Crippen LogP contribution in [0, 0.1) is 0 Å². The smallest absolute Gasteiger partial charge is 0.349 e. The number of carboxylic acid groups (broad SMARTS) is 1. The van der Waals surface area contributed by atoms with E-state index in [0.29, 0.717) is 36.3 Å². The van der Waals surface area contributed by atoms with E-state index >= 15 is 0 Å². The molecule has 0 spiro atoms. The lowest BCUT2D eigenvalue weighted by Crippen LogP contribution is -2.21. The molecule has 0 atom stereocenters. The molecule has 3 aromatic rings. The van der Waals surface area contributed by atoms with Crippen LogP contribution in [0.25, 0.3) is 22.6 Å². The van der Waals surface area contributed by atoms with Crippen LogP contribution < -0.4 is 15.6 Å². The Morgan fingerprint density at radius 1 is 1.18 bits per heavy atom. The maximum atomic E-state index is 13.0. The summed E-state index contributed by atoms with van der Waals surface area (Å²) >= 11 is 11.3. The number of carbonyl (C=O) groups is 2. The van der Waals surface area contributed by atoms with Gasteiger partial charge in [0.05, 0.1) is 17.5 Å². The van der Waals surface area contributed by atoms with Crippen LogP contribution in [0.15, 0.2) is 57.3 Å². The molecule has 1 aliphatic rings. The zero-order chi connectivity index (χ0) is 24.4. The number of benzene rings is 2. The van der Waals surface area contributed by atoms with Gasteiger partial charge in [0.25, 0.3) is 11.5 Å². The van der Waals surface area contributed by atoms with E-state index in [4.69, 9.17) is 33.0 Å². The van der Waals surface area contributed by atoms with Gasteiger partial charge in [-0.15, -0.1) is 0 Å². The molecule has 2 N–H and O–H groups in total. The van der Waals surface area contributed by atoms with Gasteiger partial charge < -0.3 is 15.2 Å². The Labute approximate surface area is 204 Å². The number of fused-ring (bicyclic) bond motifs is 2. The van der Waals surface area contributed by atoms with Gasteiger partial charge in [-0.3, -0.25) is 14.2 Å². The molecular formula is C24H19Cl2N3O5. The first-order valence-electron chi connectivity index (χ1n) is 10.4. The third kappa shape index (κ3) is 4.69. The van der Waals surface area contributed by atoms with E-state index in [-0.39, 0.29) is 11.2 Å². The first-order chi connectivity index (χ1) is 16.3. The number of hydrogen-bond donors (Lipinski definition) is 2. The van der Waals surface area contributed by atoms with Crippen molar-refractivity contribution in [2.75, 3.05) is 11.9 Å². The number of amides is 1. The molecule has 0 unspecified atom stereocenters. The van der Waals surface area contributed by atoms with Crippen LogP contribution in [0.3, 0.4) is 0 Å². The van der Waals surface area contributed by atoms with Crippen molar-refractivity contribution in [2.45, 2.75) is 19.9 Å². The number of rotatable bonds is 6. The fourth-order valence-electron chi connectivity index (χ4n) is 3.64. The fourth-order valence-corrected chi connectivity index (χ4v) is 3.85. The van der Waals surface area contributed by atoms with E-state index in [1.54, 1.807) is 10.6 Å². The third-order valence-electron chi connectivity index (χ3n) is 5.22. The van der Waals surface area contributed by atoms with Gasteiger partial charge in [0.2, 0.25) is 0 Å². The molecule has 0 fully saturated rings. The van der Waals surface area contributed by atoms with E-state index < -0.39 is 21.9 Å². The van der Waals surface area contributed by atoms with Crippen molar-refractivity contribution in [1.82, 2.24) is 9.55 Å². The van der Waals surface area contributed by atoms with Gasteiger partial charge in [-0.1, -0.05) is 35.3 Å². The predicted molar refractivity (Wildman–Crippen MR) is 131 cm³/mol. The SMILES string of the molecule is CCOc1ccc(C=C2CCn3c2nc2cc(NC(=O)/C(Cl)=C(/Cl)C(=O)O)ccc2c3=O)cc1. The van der Waals surface area contributed by atoms with Crippen molar-refractivity contribution < 1.29 is 19.4 Å². The second-order valence-electron chi connectivity index (χ2n) is 7.43. The number of nitrogens with zero attached hydrogens (tertiary/aromatic N) is 2. The Morgan fingerprint density at radius 2 is 1.91 bits per heavy atom. The lowest BCUT2D eigenvalue weighted by atomic mass is 10.1. The molecule has 10 heteroatoms. The van der Waals surface area contributed by atoms with Gasteiger partial charge in [0.15, 0.2) is 0 Å². The first-order valence-corrected chi connectivity index (χ1v) is 11.1. The summed E-state index contributed by atoms with van der Waals surface area (Å²) in [5.74, 6) is -1.06. The number of aliphatic carboxylic acids is 1. The zero-order valence-electron chi connectivity index (χ0n) is 18.0. The first kappa shape index (κ1) is 23.5. The molecule has 2 aromatic carbocycles. The monoisotopic (exact) mass is 499 g/mol. The minimum absolute atomic E-state index is 0.181. The topological polar surface area (TPSA) is 111 Å². The summed E-state index contributed by atoms with van der Waals surface area (Å²) in [6.45, 7) is 3.03. The van der Waals surface area contributed by atoms with Crippen LogP contribution >= 0.6 is 23.2 Å². The van der Waals surface area contributed by atoms with Gasteiger partial charge in [0.1, 0.15) is 21.6 Å². The van der Waals surface area contributed by atoms with E-state index in [0.717, 1.165) is 16.9 Å². The van der Waals surface area contributed by atoms with Crippen LogP contribution in [0.2, 0.25) is 0 Å². The predicted octanol–water partition coefficient (Wildman–Crippen LogP) is 4.45. The molecule has 4 rings (SSSR count). The van der Waals surface area contributed by atoms with Crippen LogP contribution in [-0.2, 0) is 16.1 Å². The fraction of sp³-hybridized carbons (Fsp3) is 0.167. The number of allylic oxidation sites excluding steroid dienone is 1. The number of carbonyl (C=O) groups excluding carboxylic acids is 1. The van der Waals surface area contributed by atoms with Crippen molar-refractivity contribution in [3.63, 3.8) is 0 Å². The Kier molecular flexibility index (Phi) is 6.72. The summed E-state index contributed by atoms with van der Waals surface area (Å²) in [5.41, 5.74) is 2.37. The second-order valence-corrected chi connectivity index (χ2v) is 8.19. The molecule has 0 bridgehead atoms. The van der Waals surface area contributed by atoms with E-state index in [9.17, 15) is 14.4 Å².